The lowest BCUT2D eigenvalue weighted by Crippen LogP contribution is -2.17. The predicted octanol–water partition coefficient (Wildman–Crippen LogP) is 14.0. The van der Waals surface area contributed by atoms with E-state index in [0.717, 1.165) is 38.6 Å². The first-order valence-corrected chi connectivity index (χ1v) is 18.5. The molecule has 0 radical (unpaired) electrons. The molecular formula is C48H39BrN2. The van der Waals surface area contributed by atoms with Crippen molar-refractivity contribution in [2.45, 2.75) is 38.5 Å². The number of nitrogens with zero attached hydrogens (tertiary/aromatic N) is 2. The Morgan fingerprint density at radius 3 is 1.25 bits per heavy atom. The number of hydrogen-bond donors (Lipinski definition) is 0. The van der Waals surface area contributed by atoms with E-state index in [1.54, 1.807) is 0 Å². The van der Waals surface area contributed by atoms with Gasteiger partial charge in [0.25, 0.3) is 0 Å². The fraction of sp³-hybridized carbons (Fsp3) is 0.125. The molecule has 0 saturated carbocycles. The van der Waals surface area contributed by atoms with Gasteiger partial charge in [-0.2, -0.15) is 0 Å². The molecule has 0 spiro atoms. The van der Waals surface area contributed by atoms with Gasteiger partial charge in [-0.05, 0) is 127 Å². The van der Waals surface area contributed by atoms with E-state index >= 15 is 0 Å². The summed E-state index contributed by atoms with van der Waals surface area (Å²) in [4.78, 5) is 4.74. The number of hydrogen-bond acceptors (Lipinski definition) is 2. The summed E-state index contributed by atoms with van der Waals surface area (Å²) in [5.74, 6) is 0. The second-order valence-corrected chi connectivity index (χ2v) is 15.6. The van der Waals surface area contributed by atoms with Gasteiger partial charge in [0.2, 0.25) is 0 Å². The largest absolute Gasteiger partial charge is 0.310 e. The number of rotatable bonds is 6. The minimum atomic E-state index is -0.0899. The van der Waals surface area contributed by atoms with Crippen LogP contribution < -0.4 is 9.80 Å². The SMILES string of the molecule is CC1(C)c2ccccc2-c2ccc(N(c3ccccc3)c3ccc(N(c4ccccc4)c4ccc5c(c4)C(C)(C)c4ccccc4-5)c(Br)c3)cc21. The normalized spacial score (nSPS) is 14.3. The molecular weight excluding hydrogens is 684 g/mol. The quantitative estimate of drug-likeness (QED) is 0.169. The van der Waals surface area contributed by atoms with Gasteiger partial charge in [0.15, 0.2) is 0 Å². The molecule has 0 heterocycles. The van der Waals surface area contributed by atoms with E-state index in [2.05, 4.69) is 217 Å². The summed E-state index contributed by atoms with van der Waals surface area (Å²) in [6, 6.07) is 59.8. The summed E-state index contributed by atoms with van der Waals surface area (Å²) in [5, 5.41) is 0. The smallest absolute Gasteiger partial charge is 0.0605 e. The van der Waals surface area contributed by atoms with E-state index in [1.165, 1.54) is 44.5 Å². The molecule has 2 aliphatic carbocycles. The van der Waals surface area contributed by atoms with E-state index in [0.29, 0.717) is 0 Å². The van der Waals surface area contributed by atoms with Crippen molar-refractivity contribution in [3.8, 4) is 22.3 Å². The van der Waals surface area contributed by atoms with Crippen LogP contribution in [0.2, 0.25) is 0 Å². The minimum Gasteiger partial charge on any atom is -0.310 e. The molecule has 0 fully saturated rings. The molecule has 0 aromatic heterocycles. The number of benzene rings is 7. The fourth-order valence-electron chi connectivity index (χ4n) is 8.51. The molecule has 7 aromatic rings. The maximum absolute atomic E-state index is 4.08. The van der Waals surface area contributed by atoms with Gasteiger partial charge in [-0.25, -0.2) is 0 Å². The molecule has 248 valence electrons. The van der Waals surface area contributed by atoms with Crippen molar-refractivity contribution in [1.29, 1.82) is 0 Å². The van der Waals surface area contributed by atoms with Crippen LogP contribution in [0.1, 0.15) is 49.9 Å². The fourth-order valence-corrected chi connectivity index (χ4v) is 9.05. The molecule has 51 heavy (non-hydrogen) atoms. The standard InChI is InChI=1S/C48H39BrN2/c1-47(2)41-21-13-11-19-37(41)39-26-23-34(29-43(39)47)50(32-15-7-5-8-16-32)36-25-28-46(45(49)31-36)51(33-17-9-6-10-18-33)35-24-27-40-38-20-12-14-22-42(38)48(3,4)44(40)30-35/h5-31H,1-4H3. The van der Waals surface area contributed by atoms with Gasteiger partial charge in [0, 0.05) is 43.7 Å². The summed E-state index contributed by atoms with van der Waals surface area (Å²) in [6.45, 7) is 9.37. The number of fused-ring (bicyclic) bond motifs is 6. The number of halogens is 1. The van der Waals surface area contributed by atoms with Crippen molar-refractivity contribution < 1.29 is 0 Å². The van der Waals surface area contributed by atoms with Gasteiger partial charge in [-0.3, -0.25) is 0 Å². The third-order valence-corrected chi connectivity index (χ3v) is 11.7. The van der Waals surface area contributed by atoms with Crippen LogP contribution in [0.25, 0.3) is 22.3 Å². The number of anilines is 6. The maximum Gasteiger partial charge on any atom is 0.0605 e. The van der Waals surface area contributed by atoms with Crippen molar-refractivity contribution >= 4 is 50.1 Å². The second kappa shape index (κ2) is 11.9. The third-order valence-electron chi connectivity index (χ3n) is 11.1. The van der Waals surface area contributed by atoms with Crippen LogP contribution in [0.3, 0.4) is 0 Å². The van der Waals surface area contributed by atoms with Gasteiger partial charge in [0.05, 0.1) is 5.69 Å². The molecule has 7 aromatic carbocycles. The van der Waals surface area contributed by atoms with Crippen LogP contribution in [0.4, 0.5) is 34.1 Å². The number of para-hydroxylation sites is 2. The average molecular weight is 724 g/mol. The topological polar surface area (TPSA) is 6.48 Å². The van der Waals surface area contributed by atoms with E-state index in [-0.39, 0.29) is 10.8 Å². The molecule has 0 unspecified atom stereocenters. The molecule has 0 N–H and O–H groups in total. The van der Waals surface area contributed by atoms with Crippen molar-refractivity contribution in [2.24, 2.45) is 0 Å². The summed E-state index contributed by atoms with van der Waals surface area (Å²) >= 11 is 4.08. The van der Waals surface area contributed by atoms with Crippen LogP contribution in [0, 0.1) is 0 Å². The maximum atomic E-state index is 4.08. The molecule has 0 amide bonds. The summed E-state index contributed by atoms with van der Waals surface area (Å²) in [6.07, 6.45) is 0. The Hall–Kier alpha value is -5.38. The highest BCUT2D eigenvalue weighted by Gasteiger charge is 2.37. The molecule has 3 heteroatoms. The van der Waals surface area contributed by atoms with Gasteiger partial charge >= 0.3 is 0 Å². The van der Waals surface area contributed by atoms with E-state index in [1.807, 2.05) is 0 Å². The first kappa shape index (κ1) is 31.6. The molecule has 2 nitrogen and oxygen atoms in total. The van der Waals surface area contributed by atoms with Gasteiger partial charge < -0.3 is 9.80 Å². The van der Waals surface area contributed by atoms with E-state index in [4.69, 9.17) is 0 Å². The molecule has 9 rings (SSSR count). The molecule has 2 aliphatic rings. The zero-order valence-electron chi connectivity index (χ0n) is 29.4. The lowest BCUT2D eigenvalue weighted by atomic mass is 9.82. The van der Waals surface area contributed by atoms with Crippen LogP contribution in [-0.2, 0) is 10.8 Å². The van der Waals surface area contributed by atoms with Gasteiger partial charge in [-0.15, -0.1) is 0 Å². The first-order valence-electron chi connectivity index (χ1n) is 17.7. The second-order valence-electron chi connectivity index (χ2n) is 14.8. The highest BCUT2D eigenvalue weighted by atomic mass is 79.9. The van der Waals surface area contributed by atoms with Crippen LogP contribution in [0.5, 0.6) is 0 Å². The van der Waals surface area contributed by atoms with Gasteiger partial charge in [-0.1, -0.05) is 125 Å². The minimum absolute atomic E-state index is 0.0866. The van der Waals surface area contributed by atoms with Crippen molar-refractivity contribution in [2.75, 3.05) is 9.80 Å². The van der Waals surface area contributed by atoms with Crippen LogP contribution in [-0.4, -0.2) is 0 Å². The highest BCUT2D eigenvalue weighted by Crippen LogP contribution is 2.53. The van der Waals surface area contributed by atoms with Crippen LogP contribution in [0.15, 0.2) is 168 Å². The lowest BCUT2D eigenvalue weighted by molar-refractivity contribution is 0.660. The third kappa shape index (κ3) is 4.98. The molecule has 0 atom stereocenters. The van der Waals surface area contributed by atoms with E-state index < -0.39 is 0 Å². The van der Waals surface area contributed by atoms with Crippen LogP contribution >= 0.6 is 15.9 Å². The Kier molecular flexibility index (Phi) is 7.34. The van der Waals surface area contributed by atoms with Crippen molar-refractivity contribution in [3.63, 3.8) is 0 Å². The Morgan fingerprint density at radius 1 is 0.353 bits per heavy atom. The Morgan fingerprint density at radius 2 is 0.745 bits per heavy atom. The monoisotopic (exact) mass is 722 g/mol. The molecule has 0 aliphatic heterocycles. The summed E-state index contributed by atoms with van der Waals surface area (Å²) in [7, 11) is 0. The van der Waals surface area contributed by atoms with Crippen molar-refractivity contribution in [1.82, 2.24) is 0 Å². The zero-order chi connectivity index (χ0) is 34.9. The summed E-state index contributed by atoms with van der Waals surface area (Å²) < 4.78 is 1.02. The zero-order valence-corrected chi connectivity index (χ0v) is 30.9. The average Bonchev–Trinajstić information content (AvgIpc) is 3.53. The summed E-state index contributed by atoms with van der Waals surface area (Å²) in [5.41, 5.74) is 17.3. The molecule has 0 saturated heterocycles. The Labute approximate surface area is 309 Å². The Bertz CT molecular complexity index is 2440. The first-order chi connectivity index (χ1) is 24.7. The van der Waals surface area contributed by atoms with E-state index in [9.17, 15) is 0 Å². The Balaban J connectivity index is 1.16. The van der Waals surface area contributed by atoms with Gasteiger partial charge in [0.1, 0.15) is 0 Å². The lowest BCUT2D eigenvalue weighted by Gasteiger charge is -2.31. The molecule has 0 bridgehead atoms. The highest BCUT2D eigenvalue weighted by molar-refractivity contribution is 9.10. The van der Waals surface area contributed by atoms with Crippen molar-refractivity contribution in [3.05, 3.63) is 191 Å². The predicted molar refractivity (Wildman–Crippen MR) is 219 cm³/mol.